The summed E-state index contributed by atoms with van der Waals surface area (Å²) in [6, 6.07) is 0. The molecule has 0 bridgehead atoms. The second kappa shape index (κ2) is 33.9. The van der Waals surface area contributed by atoms with Crippen molar-refractivity contribution in [1.82, 2.24) is 0 Å². The van der Waals surface area contributed by atoms with Gasteiger partial charge in [-0.2, -0.15) is 14.7 Å². The molecular weight excluding hydrogens is 695 g/mol. The zero-order valence-electron chi connectivity index (χ0n) is 33.4. The molecule has 0 amide bonds. The van der Waals surface area contributed by atoms with E-state index >= 15 is 0 Å². The van der Waals surface area contributed by atoms with Crippen molar-refractivity contribution in [2.24, 2.45) is 0 Å². The predicted molar refractivity (Wildman–Crippen MR) is 215 cm³/mol. The molecule has 0 saturated carbocycles. The van der Waals surface area contributed by atoms with Crippen molar-refractivity contribution < 1.29 is 49.1 Å². The van der Waals surface area contributed by atoms with Gasteiger partial charge in [-0.05, 0) is 64.2 Å². The smallest absolute Gasteiger partial charge is 0.394 e. The van der Waals surface area contributed by atoms with Gasteiger partial charge in [-0.15, -0.1) is 0 Å². The van der Waals surface area contributed by atoms with Crippen molar-refractivity contribution in [2.45, 2.75) is 211 Å². The van der Waals surface area contributed by atoms with Gasteiger partial charge < -0.3 is 20.1 Å². The van der Waals surface area contributed by atoms with Crippen molar-refractivity contribution in [3.8, 4) is 0 Å². The molecule has 0 aliphatic carbocycles. The van der Waals surface area contributed by atoms with Crippen LogP contribution in [0.5, 0.6) is 0 Å². The van der Waals surface area contributed by atoms with Crippen molar-refractivity contribution in [2.75, 3.05) is 13.2 Å². The van der Waals surface area contributed by atoms with E-state index in [1.165, 1.54) is 77.0 Å². The summed E-state index contributed by atoms with van der Waals surface area (Å²) in [5.41, 5.74) is -2.81. The average molecular weight is 774 g/mol. The van der Waals surface area contributed by atoms with E-state index < -0.39 is 56.1 Å². The Morgan fingerprint density at radius 2 is 0.868 bits per heavy atom. The Morgan fingerprint density at radius 1 is 0.547 bits per heavy atom. The molecule has 11 heteroatoms. The van der Waals surface area contributed by atoms with Crippen molar-refractivity contribution in [1.29, 1.82) is 0 Å². The van der Waals surface area contributed by atoms with Crippen LogP contribution in [0.4, 0.5) is 0 Å². The lowest BCUT2D eigenvalue weighted by Crippen LogP contribution is -2.61. The molecule has 0 saturated heterocycles. The number of Topliss-reactive ketones (excluding diaryl/α,β-unsaturated/α-hetero) is 3. The van der Waals surface area contributed by atoms with Gasteiger partial charge in [0.05, 0.1) is 6.61 Å². The summed E-state index contributed by atoms with van der Waals surface area (Å²) in [6.07, 6.45) is 33.4. The Labute approximate surface area is 322 Å². The van der Waals surface area contributed by atoms with Gasteiger partial charge in [-0.3, -0.25) is 14.4 Å². The molecule has 1 unspecified atom stereocenters. The molecule has 0 aromatic rings. The van der Waals surface area contributed by atoms with E-state index in [2.05, 4.69) is 38.2 Å². The first-order valence-electron chi connectivity index (χ1n) is 21.1. The van der Waals surface area contributed by atoms with E-state index in [0.29, 0.717) is 25.7 Å². The van der Waals surface area contributed by atoms with Crippen LogP contribution in [0, 0.1) is 0 Å². The monoisotopic (exact) mass is 774 g/mol. The molecule has 0 rings (SSSR count). The molecule has 0 heterocycles. The minimum atomic E-state index is -5.19. The molecule has 10 nitrogen and oxygen atoms in total. The Bertz CT molecular complexity index is 925. The third-order valence-corrected chi connectivity index (χ3v) is 10.9. The number of allylic oxidation sites excluding steroid dienone is 4. The van der Waals surface area contributed by atoms with Gasteiger partial charge >= 0.3 is 13.8 Å². The Hall–Kier alpha value is -1.36. The number of carbonyl (C=O) groups excluding carboxylic acids is 3. The number of aliphatic hydroxyl groups excluding tert-OH is 3. The molecule has 0 aromatic carbocycles. The molecule has 0 aliphatic rings. The van der Waals surface area contributed by atoms with Crippen LogP contribution in [0.25, 0.3) is 0 Å². The summed E-state index contributed by atoms with van der Waals surface area (Å²) >= 11 is 0. The van der Waals surface area contributed by atoms with Gasteiger partial charge in [-0.25, -0.2) is 0 Å². The van der Waals surface area contributed by atoms with Crippen LogP contribution in [0.2, 0.25) is 0 Å². The molecule has 6 N–H and O–H groups in total. The van der Waals surface area contributed by atoms with Gasteiger partial charge in [0, 0.05) is 12.8 Å². The normalized spacial score (nSPS) is 14.6. The second-order valence-corrected chi connectivity index (χ2v) is 16.4. The number of aliphatic hydroxyl groups is 3. The van der Waals surface area contributed by atoms with E-state index in [9.17, 15) is 44.4 Å². The molecular formula is C42H78O10P+. The number of ether oxygens (including phenoxy) is 1. The minimum Gasteiger partial charge on any atom is -0.394 e. The quantitative estimate of drug-likeness (QED) is 0.0153. The highest BCUT2D eigenvalue weighted by molar-refractivity contribution is 7.60. The lowest BCUT2D eigenvalue weighted by molar-refractivity contribution is -0.184. The fraction of sp³-hybridized carbons (Fsp3) is 0.833. The van der Waals surface area contributed by atoms with Crippen molar-refractivity contribution in [3.63, 3.8) is 0 Å². The largest absolute Gasteiger partial charge is 0.443 e. The summed E-state index contributed by atoms with van der Waals surface area (Å²) in [7, 11) is -5.19. The van der Waals surface area contributed by atoms with Crippen LogP contribution in [0.15, 0.2) is 24.3 Å². The molecule has 0 spiro atoms. The number of hydrogen-bond donors (Lipinski definition) is 6. The highest BCUT2D eigenvalue weighted by Crippen LogP contribution is 2.53. The van der Waals surface area contributed by atoms with Gasteiger partial charge in [-0.1, -0.05) is 141 Å². The number of unbranched alkanes of at least 4 members (excludes halogenated alkanes) is 22. The number of rotatable bonds is 39. The van der Waals surface area contributed by atoms with Gasteiger partial charge in [0.25, 0.3) is 0 Å². The van der Waals surface area contributed by atoms with Gasteiger partial charge in [0.15, 0.2) is 11.6 Å². The number of ketones is 3. The topological polar surface area (TPSA) is 182 Å². The fourth-order valence-electron chi connectivity index (χ4n) is 6.53. The molecule has 0 radical (unpaired) electrons. The number of carbonyl (C=O) groups is 3. The van der Waals surface area contributed by atoms with E-state index in [0.717, 1.165) is 64.2 Å². The summed E-state index contributed by atoms with van der Waals surface area (Å²) in [6.45, 7) is 2.07. The lowest BCUT2D eigenvalue weighted by atomic mass is 9.82. The molecule has 0 fully saturated rings. The Balaban J connectivity index is 5.06. The zero-order chi connectivity index (χ0) is 39.6. The Morgan fingerprint density at radius 3 is 1.17 bits per heavy atom. The molecule has 310 valence electrons. The van der Waals surface area contributed by atoms with Crippen LogP contribution in [0.3, 0.4) is 0 Å². The molecule has 0 aromatic heterocycles. The SMILES string of the molecule is CCCCCCCCC=CCCCCCCCC(=O)C(OC(C(=O)CO)[P+](O)(O)O)(C(=O)CCCCCCCC=CCCCCCCCC)[C@@H](O)CO. The number of hydrogen-bond acceptors (Lipinski definition) is 10. The summed E-state index contributed by atoms with van der Waals surface area (Å²) < 4.78 is 5.45. The highest BCUT2D eigenvalue weighted by atomic mass is 31.2. The van der Waals surface area contributed by atoms with Crippen LogP contribution < -0.4 is 0 Å². The fourth-order valence-corrected chi connectivity index (χ4v) is 7.31. The van der Waals surface area contributed by atoms with E-state index in [4.69, 9.17) is 4.74 Å². The van der Waals surface area contributed by atoms with Crippen molar-refractivity contribution >= 4 is 25.3 Å². The second-order valence-electron chi connectivity index (χ2n) is 14.7. The molecule has 0 aliphatic heterocycles. The first-order chi connectivity index (χ1) is 25.5. The first-order valence-corrected chi connectivity index (χ1v) is 22.8. The molecule has 53 heavy (non-hydrogen) atoms. The zero-order valence-corrected chi connectivity index (χ0v) is 34.3. The summed E-state index contributed by atoms with van der Waals surface area (Å²) in [5.74, 6) is -5.75. The lowest BCUT2D eigenvalue weighted by Gasteiger charge is -2.36. The summed E-state index contributed by atoms with van der Waals surface area (Å²) in [4.78, 5) is 69.8. The van der Waals surface area contributed by atoms with E-state index in [-0.39, 0.29) is 12.8 Å². The van der Waals surface area contributed by atoms with E-state index in [1.807, 2.05) is 0 Å². The van der Waals surface area contributed by atoms with Crippen LogP contribution >= 0.6 is 7.94 Å². The standard InChI is InChI=1S/C42H78O10P/c1-3-5-7-9-11-13-15-17-19-21-23-25-27-29-31-33-38(46)42(40(48)36-44,52-41(37(45)35-43)53(49,50)51)39(47)34-32-30-28-26-24-22-20-18-16-14-12-10-8-6-4-2/h17-20,40-41,43-44,48-51H,3-16,21-36H2,1-2H3/q+1/t40-,41?,42?/m0/s1. The maximum Gasteiger partial charge on any atom is 0.443 e. The highest BCUT2D eigenvalue weighted by Gasteiger charge is 2.60. The van der Waals surface area contributed by atoms with Crippen molar-refractivity contribution in [3.05, 3.63) is 24.3 Å². The maximum absolute atomic E-state index is 13.7. The maximum atomic E-state index is 13.7. The third kappa shape index (κ3) is 24.7. The first kappa shape index (κ1) is 51.6. The molecule has 2 atom stereocenters. The van der Waals surface area contributed by atoms with Crippen LogP contribution in [0.1, 0.15) is 194 Å². The minimum absolute atomic E-state index is 0.235. The van der Waals surface area contributed by atoms with Crippen LogP contribution in [-0.2, 0) is 19.1 Å². The summed E-state index contributed by atoms with van der Waals surface area (Å²) in [5, 5.41) is 30.2. The van der Waals surface area contributed by atoms with Crippen LogP contribution in [-0.4, -0.2) is 78.1 Å². The third-order valence-electron chi connectivity index (χ3n) is 9.85. The average Bonchev–Trinajstić information content (AvgIpc) is 3.14. The van der Waals surface area contributed by atoms with Gasteiger partial charge in [0.1, 0.15) is 12.7 Å². The van der Waals surface area contributed by atoms with Gasteiger partial charge in [0.2, 0.25) is 11.4 Å². The predicted octanol–water partition coefficient (Wildman–Crippen LogP) is 8.94. The van der Waals surface area contributed by atoms with E-state index in [1.54, 1.807) is 0 Å². The Kier molecular flexibility index (Phi) is 33.1.